The normalized spacial score (nSPS) is 16.5. The Morgan fingerprint density at radius 3 is 2.36 bits per heavy atom. The number of halogens is 3. The Labute approximate surface area is 142 Å². The van der Waals surface area contributed by atoms with Crippen molar-refractivity contribution < 1.29 is 37.7 Å². The minimum atomic E-state index is -1.73. The average molecular weight is 366 g/mol. The molecule has 2 rings (SSSR count). The van der Waals surface area contributed by atoms with E-state index in [1.165, 1.54) is 0 Å². The molecule has 7 nitrogen and oxygen atoms in total. The Bertz CT molecular complexity index is 595. The van der Waals surface area contributed by atoms with Crippen molar-refractivity contribution in [3.63, 3.8) is 0 Å². The Balaban J connectivity index is 0.000000381. The standard InChI is InChI=1S/C10H9F3N2O3.C5H12O2/c11-6-4(9(14)15-16)3-5(7(12)8(6)13)10-17-1-2-18-10;1-5(7-2)3-4-6/h3,10,16H,1-2H2,(H2,14,15);5-6H,3-4H2,1-2H3. The molecule has 1 saturated heterocycles. The summed E-state index contributed by atoms with van der Waals surface area (Å²) in [5.74, 6) is -5.36. The number of aliphatic hydroxyl groups is 1. The minimum absolute atomic E-state index is 0.199. The zero-order valence-corrected chi connectivity index (χ0v) is 13.8. The van der Waals surface area contributed by atoms with Crippen LogP contribution in [0.5, 0.6) is 0 Å². The highest BCUT2D eigenvalue weighted by molar-refractivity contribution is 5.97. The summed E-state index contributed by atoms with van der Waals surface area (Å²) in [4.78, 5) is 0. The van der Waals surface area contributed by atoms with Gasteiger partial charge in [-0.25, -0.2) is 13.2 Å². The van der Waals surface area contributed by atoms with Crippen LogP contribution in [0.1, 0.15) is 30.8 Å². The number of hydrogen-bond donors (Lipinski definition) is 3. The second-order valence-corrected chi connectivity index (χ2v) is 5.07. The van der Waals surface area contributed by atoms with Gasteiger partial charge in [-0.3, -0.25) is 0 Å². The Morgan fingerprint density at radius 2 is 1.92 bits per heavy atom. The van der Waals surface area contributed by atoms with Crippen molar-refractivity contribution in [2.24, 2.45) is 10.9 Å². The summed E-state index contributed by atoms with van der Waals surface area (Å²) < 4.78 is 55.1. The van der Waals surface area contributed by atoms with E-state index in [-0.39, 0.29) is 31.5 Å². The third-order valence-electron chi connectivity index (χ3n) is 3.37. The smallest absolute Gasteiger partial charge is 0.195 e. The third-order valence-corrected chi connectivity index (χ3v) is 3.37. The number of amidine groups is 1. The van der Waals surface area contributed by atoms with E-state index in [9.17, 15) is 13.2 Å². The monoisotopic (exact) mass is 366 g/mol. The number of benzene rings is 1. The molecule has 1 atom stereocenters. The number of methoxy groups -OCH3 is 1. The molecule has 142 valence electrons. The summed E-state index contributed by atoms with van der Waals surface area (Å²) >= 11 is 0. The highest BCUT2D eigenvalue weighted by Crippen LogP contribution is 2.29. The Kier molecular flexibility index (Phi) is 8.62. The molecule has 1 heterocycles. The molecule has 0 aromatic heterocycles. The molecule has 0 bridgehead atoms. The zero-order valence-electron chi connectivity index (χ0n) is 13.8. The summed E-state index contributed by atoms with van der Waals surface area (Å²) in [7, 11) is 1.64. The molecule has 0 aliphatic carbocycles. The van der Waals surface area contributed by atoms with Crippen LogP contribution in [-0.4, -0.2) is 49.2 Å². The van der Waals surface area contributed by atoms with E-state index in [2.05, 4.69) is 5.16 Å². The maximum absolute atomic E-state index is 13.5. The molecule has 1 aliphatic heterocycles. The second kappa shape index (κ2) is 10.2. The number of nitrogens with zero attached hydrogens (tertiary/aromatic N) is 1. The first kappa shape index (κ1) is 21.2. The molecule has 0 radical (unpaired) electrons. The molecular weight excluding hydrogens is 345 g/mol. The van der Waals surface area contributed by atoms with Gasteiger partial charge >= 0.3 is 0 Å². The highest BCUT2D eigenvalue weighted by atomic mass is 19.2. The van der Waals surface area contributed by atoms with Crippen molar-refractivity contribution >= 4 is 5.84 Å². The van der Waals surface area contributed by atoms with Crippen molar-refractivity contribution in [1.82, 2.24) is 0 Å². The fourth-order valence-corrected chi connectivity index (χ4v) is 1.87. The molecule has 1 aliphatic rings. The molecule has 25 heavy (non-hydrogen) atoms. The lowest BCUT2D eigenvalue weighted by Crippen LogP contribution is -2.18. The van der Waals surface area contributed by atoms with Crippen LogP contribution in [0.15, 0.2) is 11.2 Å². The van der Waals surface area contributed by atoms with E-state index in [1.807, 2.05) is 6.92 Å². The van der Waals surface area contributed by atoms with Gasteiger partial charge in [-0.05, 0) is 19.4 Å². The molecule has 1 fully saturated rings. The van der Waals surface area contributed by atoms with Crippen molar-refractivity contribution in [2.45, 2.75) is 25.7 Å². The van der Waals surface area contributed by atoms with Gasteiger partial charge in [0.25, 0.3) is 0 Å². The van der Waals surface area contributed by atoms with Crippen molar-refractivity contribution in [3.05, 3.63) is 34.6 Å². The van der Waals surface area contributed by atoms with Gasteiger partial charge < -0.3 is 30.3 Å². The second-order valence-electron chi connectivity index (χ2n) is 5.07. The van der Waals surface area contributed by atoms with Crippen LogP contribution in [0.4, 0.5) is 13.2 Å². The lowest BCUT2D eigenvalue weighted by molar-refractivity contribution is -0.0469. The van der Waals surface area contributed by atoms with Gasteiger partial charge in [-0.15, -0.1) is 0 Å². The van der Waals surface area contributed by atoms with Gasteiger partial charge in [0, 0.05) is 19.3 Å². The first-order valence-corrected chi connectivity index (χ1v) is 7.39. The number of ether oxygens (including phenoxy) is 3. The first-order chi connectivity index (χ1) is 11.9. The van der Waals surface area contributed by atoms with Crippen LogP contribution < -0.4 is 5.73 Å². The largest absolute Gasteiger partial charge is 0.409 e. The van der Waals surface area contributed by atoms with Crippen LogP contribution in [-0.2, 0) is 14.2 Å². The van der Waals surface area contributed by atoms with Gasteiger partial charge in [-0.1, -0.05) is 5.16 Å². The maximum atomic E-state index is 13.5. The van der Waals surface area contributed by atoms with Crippen LogP contribution >= 0.6 is 0 Å². The van der Waals surface area contributed by atoms with Gasteiger partial charge in [0.05, 0.1) is 24.9 Å². The third kappa shape index (κ3) is 5.56. The van der Waals surface area contributed by atoms with E-state index in [1.54, 1.807) is 7.11 Å². The number of nitrogens with two attached hydrogens (primary N) is 1. The van der Waals surface area contributed by atoms with Gasteiger partial charge in [-0.2, -0.15) is 0 Å². The fraction of sp³-hybridized carbons (Fsp3) is 0.533. The molecule has 0 saturated carbocycles. The Hall–Kier alpha value is -1.88. The molecule has 0 spiro atoms. The summed E-state index contributed by atoms with van der Waals surface area (Å²) in [6.45, 7) is 2.56. The molecule has 4 N–H and O–H groups in total. The maximum Gasteiger partial charge on any atom is 0.195 e. The summed E-state index contributed by atoms with van der Waals surface area (Å²) in [6.07, 6.45) is -0.202. The molecular formula is C15H21F3N2O5. The van der Waals surface area contributed by atoms with Crippen LogP contribution in [0.25, 0.3) is 0 Å². The van der Waals surface area contributed by atoms with E-state index in [4.69, 9.17) is 30.3 Å². The molecule has 1 unspecified atom stereocenters. The topological polar surface area (TPSA) is 107 Å². The van der Waals surface area contributed by atoms with Crippen LogP contribution in [0, 0.1) is 17.5 Å². The van der Waals surface area contributed by atoms with Crippen molar-refractivity contribution in [1.29, 1.82) is 0 Å². The summed E-state index contributed by atoms with van der Waals surface area (Å²) in [5.41, 5.74) is 4.27. The SMILES string of the molecule is COC(C)CCO.N/C(=N\O)c1cc(C2OCCO2)c(F)c(F)c1F. The predicted molar refractivity (Wildman–Crippen MR) is 81.6 cm³/mol. The van der Waals surface area contributed by atoms with Gasteiger partial charge in [0.2, 0.25) is 0 Å². The number of rotatable bonds is 5. The Morgan fingerprint density at radius 1 is 1.32 bits per heavy atom. The van der Waals surface area contributed by atoms with Gasteiger partial charge in [0.1, 0.15) is 0 Å². The quantitative estimate of drug-likeness (QED) is 0.241. The highest BCUT2D eigenvalue weighted by Gasteiger charge is 2.28. The van der Waals surface area contributed by atoms with Crippen molar-refractivity contribution in [3.8, 4) is 0 Å². The molecule has 1 aromatic carbocycles. The zero-order chi connectivity index (χ0) is 19.0. The lowest BCUT2D eigenvalue weighted by atomic mass is 10.1. The fourth-order valence-electron chi connectivity index (χ4n) is 1.87. The van der Waals surface area contributed by atoms with E-state index in [0.29, 0.717) is 0 Å². The number of aliphatic hydroxyl groups excluding tert-OH is 1. The molecule has 0 amide bonds. The molecule has 10 heteroatoms. The van der Waals surface area contributed by atoms with Crippen LogP contribution in [0.3, 0.4) is 0 Å². The molecule has 1 aromatic rings. The predicted octanol–water partition coefficient (Wildman–Crippen LogP) is 1.65. The first-order valence-electron chi connectivity index (χ1n) is 7.39. The van der Waals surface area contributed by atoms with E-state index >= 15 is 0 Å². The van der Waals surface area contributed by atoms with E-state index in [0.717, 1.165) is 12.5 Å². The minimum Gasteiger partial charge on any atom is -0.409 e. The number of oxime groups is 1. The van der Waals surface area contributed by atoms with E-state index < -0.39 is 35.1 Å². The van der Waals surface area contributed by atoms with Crippen LogP contribution in [0.2, 0.25) is 0 Å². The van der Waals surface area contributed by atoms with Gasteiger partial charge in [0.15, 0.2) is 29.6 Å². The summed E-state index contributed by atoms with van der Waals surface area (Å²) in [5, 5.41) is 19.3. The number of hydrogen-bond acceptors (Lipinski definition) is 6. The average Bonchev–Trinajstić information content (AvgIpc) is 3.14. The van der Waals surface area contributed by atoms with Crippen molar-refractivity contribution in [2.75, 3.05) is 26.9 Å². The summed E-state index contributed by atoms with van der Waals surface area (Å²) in [6, 6.07) is 0.888. The lowest BCUT2D eigenvalue weighted by Gasteiger charge is -2.13.